The Balaban J connectivity index is 1.78. The molecule has 10 nitrogen and oxygen atoms in total. The van der Waals surface area contributed by atoms with Gasteiger partial charge in [-0.15, -0.1) is 0 Å². The van der Waals surface area contributed by atoms with Gasteiger partial charge in [0.05, 0.1) is 18.3 Å². The summed E-state index contributed by atoms with van der Waals surface area (Å²) in [5.74, 6) is 1.19. The van der Waals surface area contributed by atoms with Crippen molar-refractivity contribution in [1.29, 1.82) is 0 Å². The lowest BCUT2D eigenvalue weighted by Gasteiger charge is -2.30. The van der Waals surface area contributed by atoms with Gasteiger partial charge in [0.15, 0.2) is 5.82 Å². The van der Waals surface area contributed by atoms with E-state index in [0.29, 0.717) is 30.9 Å². The molecular formula is C28H47N7O3S. The standard InChI is InChI=1S/C28H47N7O3S/c1-6-34(7-2)19-14-22-39(37,38)33(5)25(18-17-24-15-10-8-11-16-24)27-29-26(30-32(27)4)23-31(3)28(36)35-20-12-9-13-21-35/h8,10-11,15-16,25H,6-7,9,12-14,17-23H2,1-5H3/t25-/m1/s1. The molecule has 0 N–H and O–H groups in total. The maximum Gasteiger partial charge on any atom is 0.320 e. The summed E-state index contributed by atoms with van der Waals surface area (Å²) in [6.45, 7) is 8.57. The summed E-state index contributed by atoms with van der Waals surface area (Å²) in [5, 5.41) is 4.59. The predicted octanol–water partition coefficient (Wildman–Crippen LogP) is 3.52. The van der Waals surface area contributed by atoms with Crippen molar-refractivity contribution in [3.63, 3.8) is 0 Å². The Morgan fingerprint density at radius 3 is 2.36 bits per heavy atom. The number of aromatic nitrogens is 3. The first-order valence-corrected chi connectivity index (χ1v) is 15.9. The van der Waals surface area contributed by atoms with Crippen LogP contribution >= 0.6 is 0 Å². The van der Waals surface area contributed by atoms with Crippen molar-refractivity contribution >= 4 is 16.1 Å². The fourth-order valence-corrected chi connectivity index (χ4v) is 6.55. The summed E-state index contributed by atoms with van der Waals surface area (Å²) < 4.78 is 30.1. The fraction of sp³-hybridized carbons (Fsp3) is 0.679. The number of piperidine rings is 1. The van der Waals surface area contributed by atoms with Gasteiger partial charge < -0.3 is 14.7 Å². The summed E-state index contributed by atoms with van der Waals surface area (Å²) in [6.07, 6.45) is 5.08. The van der Waals surface area contributed by atoms with Gasteiger partial charge >= 0.3 is 6.03 Å². The second-order valence-electron chi connectivity index (χ2n) is 10.4. The molecule has 1 aliphatic rings. The van der Waals surface area contributed by atoms with Crippen molar-refractivity contribution in [1.82, 2.24) is 33.8 Å². The van der Waals surface area contributed by atoms with Crippen LogP contribution in [0.5, 0.6) is 0 Å². The maximum atomic E-state index is 13.5. The predicted molar refractivity (Wildman–Crippen MR) is 155 cm³/mol. The molecule has 1 aliphatic heterocycles. The fourth-order valence-electron chi connectivity index (χ4n) is 5.18. The molecule has 0 unspecified atom stereocenters. The zero-order valence-corrected chi connectivity index (χ0v) is 25.2. The molecule has 0 bridgehead atoms. The summed E-state index contributed by atoms with van der Waals surface area (Å²) in [7, 11) is 1.70. The molecule has 1 atom stereocenters. The van der Waals surface area contributed by atoms with Crippen LogP contribution in [0.25, 0.3) is 0 Å². The van der Waals surface area contributed by atoms with E-state index < -0.39 is 16.1 Å². The molecule has 3 rings (SSSR count). The average molecular weight is 562 g/mol. The van der Waals surface area contributed by atoms with Crippen LogP contribution in [-0.2, 0) is 30.0 Å². The molecule has 1 fully saturated rings. The van der Waals surface area contributed by atoms with Crippen LogP contribution in [0, 0.1) is 0 Å². The molecule has 39 heavy (non-hydrogen) atoms. The maximum absolute atomic E-state index is 13.5. The third-order valence-corrected chi connectivity index (χ3v) is 9.60. The van der Waals surface area contributed by atoms with Crippen molar-refractivity contribution in [2.75, 3.05) is 52.6 Å². The van der Waals surface area contributed by atoms with E-state index in [4.69, 9.17) is 4.98 Å². The van der Waals surface area contributed by atoms with Gasteiger partial charge in [-0.25, -0.2) is 18.2 Å². The number of carbonyl (C=O) groups excluding carboxylic acids is 1. The van der Waals surface area contributed by atoms with Crippen LogP contribution in [0.1, 0.15) is 69.2 Å². The monoisotopic (exact) mass is 561 g/mol. The second-order valence-corrected chi connectivity index (χ2v) is 12.6. The quantitative estimate of drug-likeness (QED) is 0.350. The number of rotatable bonds is 14. The van der Waals surface area contributed by atoms with E-state index in [0.717, 1.165) is 57.5 Å². The van der Waals surface area contributed by atoms with Gasteiger partial charge in [0.25, 0.3) is 0 Å². The molecule has 0 spiro atoms. The van der Waals surface area contributed by atoms with Crippen molar-refractivity contribution < 1.29 is 13.2 Å². The Hall–Kier alpha value is -2.50. The summed E-state index contributed by atoms with van der Waals surface area (Å²) in [6, 6.07) is 9.58. The van der Waals surface area contributed by atoms with Crippen LogP contribution in [-0.4, -0.2) is 101 Å². The highest BCUT2D eigenvalue weighted by molar-refractivity contribution is 7.89. The number of sulfonamides is 1. The summed E-state index contributed by atoms with van der Waals surface area (Å²) in [5.41, 5.74) is 1.14. The topological polar surface area (TPSA) is 94.9 Å². The molecule has 0 radical (unpaired) electrons. The lowest BCUT2D eigenvalue weighted by molar-refractivity contribution is 0.150. The van der Waals surface area contributed by atoms with E-state index in [1.807, 2.05) is 23.1 Å². The third-order valence-electron chi connectivity index (χ3n) is 7.67. The number of carbonyl (C=O) groups is 1. The highest BCUT2D eigenvalue weighted by Gasteiger charge is 2.31. The molecular weight excluding hydrogens is 514 g/mol. The lowest BCUT2D eigenvalue weighted by atomic mass is 10.0. The van der Waals surface area contributed by atoms with E-state index in [1.165, 1.54) is 4.31 Å². The lowest BCUT2D eigenvalue weighted by Crippen LogP contribution is -2.43. The van der Waals surface area contributed by atoms with E-state index in [1.54, 1.807) is 30.7 Å². The average Bonchev–Trinajstić information content (AvgIpc) is 3.30. The van der Waals surface area contributed by atoms with Gasteiger partial charge in [-0.2, -0.15) is 9.40 Å². The van der Waals surface area contributed by atoms with Gasteiger partial charge in [0.2, 0.25) is 10.0 Å². The second kappa shape index (κ2) is 14.8. The van der Waals surface area contributed by atoms with Crippen LogP contribution in [0.15, 0.2) is 30.3 Å². The van der Waals surface area contributed by atoms with Gasteiger partial charge in [0.1, 0.15) is 5.82 Å². The number of likely N-dealkylation sites (tertiary alicyclic amines) is 1. The molecule has 2 aromatic rings. The molecule has 1 aromatic heterocycles. The van der Waals surface area contributed by atoms with E-state index in [2.05, 4.69) is 36.0 Å². The highest BCUT2D eigenvalue weighted by atomic mass is 32.2. The first-order chi connectivity index (χ1) is 18.7. The number of amides is 2. The van der Waals surface area contributed by atoms with E-state index >= 15 is 0 Å². The number of urea groups is 1. The van der Waals surface area contributed by atoms with Crippen molar-refractivity contribution in [3.05, 3.63) is 47.5 Å². The molecule has 1 saturated heterocycles. The number of aryl methyl sites for hydroxylation is 2. The van der Waals surface area contributed by atoms with Crippen molar-refractivity contribution in [2.45, 2.75) is 65.0 Å². The Bertz CT molecular complexity index is 1130. The molecule has 0 aliphatic carbocycles. The SMILES string of the molecule is CCN(CC)CCCS(=O)(=O)N(C)[C@H](CCc1ccccc1)c1nc(CN(C)C(=O)N2CCCCC2)nn1C. The Morgan fingerprint density at radius 1 is 1.05 bits per heavy atom. The molecule has 0 saturated carbocycles. The summed E-state index contributed by atoms with van der Waals surface area (Å²) >= 11 is 0. The molecule has 11 heteroatoms. The van der Waals surface area contributed by atoms with Crippen LogP contribution < -0.4 is 0 Å². The van der Waals surface area contributed by atoms with Crippen molar-refractivity contribution in [2.24, 2.45) is 7.05 Å². The zero-order valence-electron chi connectivity index (χ0n) is 24.4. The van der Waals surface area contributed by atoms with Gasteiger partial charge in [-0.3, -0.25) is 4.68 Å². The minimum Gasteiger partial charge on any atom is -0.325 e. The number of hydrogen-bond donors (Lipinski definition) is 0. The normalized spacial score (nSPS) is 15.2. The Labute approximate surface area is 235 Å². The highest BCUT2D eigenvalue weighted by Crippen LogP contribution is 2.27. The van der Waals surface area contributed by atoms with Gasteiger partial charge in [-0.05, 0) is 63.7 Å². The molecule has 2 amide bonds. The van der Waals surface area contributed by atoms with Crippen LogP contribution in [0.2, 0.25) is 0 Å². The van der Waals surface area contributed by atoms with Gasteiger partial charge in [0, 0.05) is 34.2 Å². The minimum atomic E-state index is -3.53. The molecule has 218 valence electrons. The van der Waals surface area contributed by atoms with Crippen molar-refractivity contribution in [3.8, 4) is 0 Å². The Morgan fingerprint density at radius 2 is 1.72 bits per heavy atom. The largest absolute Gasteiger partial charge is 0.325 e. The first kappa shape index (κ1) is 31.0. The first-order valence-electron chi connectivity index (χ1n) is 14.3. The zero-order chi connectivity index (χ0) is 28.4. The summed E-state index contributed by atoms with van der Waals surface area (Å²) in [4.78, 5) is 23.5. The minimum absolute atomic E-state index is 0.0165. The number of nitrogens with zero attached hydrogens (tertiary/aromatic N) is 7. The molecule has 1 aromatic carbocycles. The number of hydrogen-bond acceptors (Lipinski definition) is 6. The smallest absolute Gasteiger partial charge is 0.320 e. The van der Waals surface area contributed by atoms with E-state index in [9.17, 15) is 13.2 Å². The third kappa shape index (κ3) is 8.74. The van der Waals surface area contributed by atoms with Gasteiger partial charge in [-0.1, -0.05) is 44.2 Å². The van der Waals surface area contributed by atoms with Crippen LogP contribution in [0.4, 0.5) is 4.79 Å². The Kier molecular flexibility index (Phi) is 11.7. The molecule has 2 heterocycles. The van der Waals surface area contributed by atoms with E-state index in [-0.39, 0.29) is 18.3 Å². The van der Waals surface area contributed by atoms with Crippen LogP contribution in [0.3, 0.4) is 0 Å². The number of benzene rings is 1.